The van der Waals surface area contributed by atoms with Crippen molar-refractivity contribution in [2.75, 3.05) is 0 Å². The molecule has 0 spiro atoms. The van der Waals surface area contributed by atoms with Crippen LogP contribution in [0, 0.1) is 10.5 Å². The van der Waals surface area contributed by atoms with Gasteiger partial charge in [0.25, 0.3) is 0 Å². The van der Waals surface area contributed by atoms with E-state index in [0.717, 1.165) is 5.56 Å². The van der Waals surface area contributed by atoms with Crippen LogP contribution in [0.25, 0.3) is 0 Å². The maximum absolute atomic E-state index is 8.83. The van der Waals surface area contributed by atoms with Gasteiger partial charge in [0, 0.05) is 0 Å². The van der Waals surface area contributed by atoms with Gasteiger partial charge < -0.3 is 0 Å². The van der Waals surface area contributed by atoms with Gasteiger partial charge in [-0.15, -0.1) is 0 Å². The van der Waals surface area contributed by atoms with Gasteiger partial charge in [0.15, 0.2) is 0 Å². The fourth-order valence-electron chi connectivity index (χ4n) is 0.646. The van der Waals surface area contributed by atoms with Crippen LogP contribution in [0.15, 0.2) is 24.3 Å². The second-order valence-electron chi connectivity index (χ2n) is 2.04. The summed E-state index contributed by atoms with van der Waals surface area (Å²) in [6.07, 6.45) is 0. The summed E-state index contributed by atoms with van der Waals surface area (Å²) in [5.41, 5.74) is 1.14. The van der Waals surface area contributed by atoms with Crippen LogP contribution >= 0.6 is 20.6 Å². The molecule has 0 saturated heterocycles. The third kappa shape index (κ3) is 1.93. The first kappa shape index (κ1) is 7.97. The molecule has 0 amide bonds. The monoisotopic (exact) mass is 252 g/mol. The number of benzene rings is 1. The van der Waals surface area contributed by atoms with Crippen LogP contribution in [-0.4, -0.2) is 6.87 Å². The topological polar surface area (TPSA) is 40.5 Å². The average Bonchev–Trinajstić information content (AvgIpc) is 1.88. The summed E-state index contributed by atoms with van der Waals surface area (Å²) in [6, 6.07) is 7.29. The second kappa shape index (κ2) is 3.32. The summed E-state index contributed by atoms with van der Waals surface area (Å²) < 4.78 is 18.3. The molecule has 0 saturated carbocycles. The third-order valence-electron chi connectivity index (χ3n) is 1.21. The van der Waals surface area contributed by atoms with Gasteiger partial charge in [0.1, 0.15) is 0 Å². The van der Waals surface area contributed by atoms with Crippen LogP contribution in [0.5, 0.6) is 0 Å². The normalized spacial score (nSPS) is 11.3. The van der Waals surface area contributed by atoms with Crippen LogP contribution in [0.2, 0.25) is 0 Å². The van der Waals surface area contributed by atoms with E-state index < -0.39 is 20.6 Å². The number of aryl methyl sites for hydroxylation is 1. The molecule has 1 rings (SSSR count). The SMILES string of the molecule is Cc1ccc(I(O)O)cc1. The minimum atomic E-state index is -2.70. The Morgan fingerprint density at radius 1 is 1.10 bits per heavy atom. The van der Waals surface area contributed by atoms with Crippen molar-refractivity contribution in [3.05, 3.63) is 33.4 Å². The molecule has 0 aliphatic rings. The second-order valence-corrected chi connectivity index (χ2v) is 4.68. The van der Waals surface area contributed by atoms with Crippen molar-refractivity contribution in [2.45, 2.75) is 6.92 Å². The predicted molar refractivity (Wildman–Crippen MR) is 48.3 cm³/mol. The fraction of sp³-hybridized carbons (Fsp3) is 0.143. The van der Waals surface area contributed by atoms with Crippen LogP contribution in [-0.2, 0) is 0 Å². The van der Waals surface area contributed by atoms with Crippen LogP contribution in [0.3, 0.4) is 0 Å². The molecule has 2 nitrogen and oxygen atoms in total. The summed E-state index contributed by atoms with van der Waals surface area (Å²) in [5.74, 6) is 0. The summed E-state index contributed by atoms with van der Waals surface area (Å²) in [4.78, 5) is 0. The van der Waals surface area contributed by atoms with Crippen molar-refractivity contribution in [3.8, 4) is 0 Å². The standard InChI is InChI=1S/C7H9IO2/c1-6-2-4-7(5-3-6)8(9)10/h2-5,9-10H,1H3. The van der Waals surface area contributed by atoms with Crippen molar-refractivity contribution >= 4 is 20.6 Å². The van der Waals surface area contributed by atoms with Crippen LogP contribution in [0.1, 0.15) is 5.56 Å². The van der Waals surface area contributed by atoms with Gasteiger partial charge in [-0.3, -0.25) is 0 Å². The third-order valence-corrected chi connectivity index (χ3v) is 3.04. The Kier molecular flexibility index (Phi) is 2.64. The summed E-state index contributed by atoms with van der Waals surface area (Å²) in [6.45, 7) is 1.97. The average molecular weight is 252 g/mol. The Morgan fingerprint density at radius 3 is 2.00 bits per heavy atom. The Balaban J connectivity index is 2.89. The van der Waals surface area contributed by atoms with Gasteiger partial charge in [-0.25, -0.2) is 0 Å². The van der Waals surface area contributed by atoms with Crippen molar-refractivity contribution in [2.24, 2.45) is 0 Å². The quantitative estimate of drug-likeness (QED) is 0.743. The zero-order chi connectivity index (χ0) is 7.56. The number of rotatable bonds is 1. The molecular weight excluding hydrogens is 243 g/mol. The molecule has 0 aliphatic heterocycles. The van der Waals surface area contributed by atoms with E-state index in [-0.39, 0.29) is 0 Å². The molecule has 10 heavy (non-hydrogen) atoms. The van der Waals surface area contributed by atoms with Gasteiger partial charge >= 0.3 is 67.8 Å². The van der Waals surface area contributed by atoms with E-state index in [9.17, 15) is 0 Å². The molecule has 2 N–H and O–H groups in total. The zero-order valence-electron chi connectivity index (χ0n) is 5.58. The molecule has 3 heteroatoms. The first-order chi connectivity index (χ1) is 4.70. The molecule has 56 valence electrons. The van der Waals surface area contributed by atoms with Crippen molar-refractivity contribution in [1.82, 2.24) is 0 Å². The summed E-state index contributed by atoms with van der Waals surface area (Å²) in [7, 11) is 0. The molecule has 0 radical (unpaired) electrons. The Morgan fingerprint density at radius 2 is 1.60 bits per heavy atom. The molecule has 0 atom stereocenters. The summed E-state index contributed by atoms with van der Waals surface area (Å²) in [5, 5.41) is 0. The van der Waals surface area contributed by atoms with E-state index >= 15 is 0 Å². The minimum absolute atomic E-state index is 0.690. The van der Waals surface area contributed by atoms with Crippen molar-refractivity contribution < 1.29 is 6.87 Å². The van der Waals surface area contributed by atoms with Crippen molar-refractivity contribution in [1.29, 1.82) is 0 Å². The van der Waals surface area contributed by atoms with E-state index in [1.165, 1.54) is 0 Å². The van der Waals surface area contributed by atoms with E-state index in [1.54, 1.807) is 12.1 Å². The first-order valence-electron chi connectivity index (χ1n) is 2.85. The number of hydrogen-bond acceptors (Lipinski definition) is 2. The molecule has 0 aliphatic carbocycles. The van der Waals surface area contributed by atoms with Crippen LogP contribution in [0.4, 0.5) is 0 Å². The molecule has 1 aromatic carbocycles. The van der Waals surface area contributed by atoms with E-state index in [4.69, 9.17) is 6.87 Å². The van der Waals surface area contributed by atoms with Gasteiger partial charge in [-0.2, -0.15) is 0 Å². The number of hydrogen-bond donors (Lipinski definition) is 2. The van der Waals surface area contributed by atoms with Crippen molar-refractivity contribution in [3.63, 3.8) is 0 Å². The zero-order valence-corrected chi connectivity index (χ0v) is 7.74. The molecular formula is C7H9IO2. The molecule has 0 aromatic heterocycles. The molecule has 0 fully saturated rings. The fourth-order valence-corrected chi connectivity index (χ4v) is 1.65. The van der Waals surface area contributed by atoms with E-state index in [2.05, 4.69) is 0 Å². The van der Waals surface area contributed by atoms with Crippen LogP contribution < -0.4 is 0 Å². The van der Waals surface area contributed by atoms with E-state index in [0.29, 0.717) is 3.57 Å². The first-order valence-corrected chi connectivity index (χ1v) is 5.86. The molecule has 0 bridgehead atoms. The molecule has 0 heterocycles. The Hall–Kier alpha value is -0.130. The van der Waals surface area contributed by atoms with E-state index in [1.807, 2.05) is 19.1 Å². The van der Waals surface area contributed by atoms with Gasteiger partial charge in [-0.1, -0.05) is 0 Å². The van der Waals surface area contributed by atoms with Gasteiger partial charge in [0.2, 0.25) is 0 Å². The summed E-state index contributed by atoms with van der Waals surface area (Å²) >= 11 is -2.70. The molecule has 0 unspecified atom stereocenters. The maximum atomic E-state index is 8.83. The number of halogens is 1. The van der Waals surface area contributed by atoms with Gasteiger partial charge in [0.05, 0.1) is 0 Å². The predicted octanol–water partition coefficient (Wildman–Crippen LogP) is 1.49. The van der Waals surface area contributed by atoms with Gasteiger partial charge in [-0.05, 0) is 0 Å². The Labute approximate surface area is 68.0 Å². The Bertz CT molecular complexity index is 205. The molecule has 1 aromatic rings.